The maximum absolute atomic E-state index is 9.36. The molecule has 0 saturated heterocycles. The fourth-order valence-electron chi connectivity index (χ4n) is 0. The zero-order chi connectivity index (χ0) is 4.28. The number of halogens is 1. The summed E-state index contributed by atoms with van der Waals surface area (Å²) in [6.45, 7) is 0. The van der Waals surface area contributed by atoms with Crippen molar-refractivity contribution in [2.75, 3.05) is 0 Å². The van der Waals surface area contributed by atoms with Crippen molar-refractivity contribution in [2.45, 2.75) is 0 Å². The quantitative estimate of drug-likeness (QED) is 0.363. The molecule has 0 rings (SSSR count). The van der Waals surface area contributed by atoms with Gasteiger partial charge in [-0.2, -0.15) is 2.94 Å². The third-order valence-electron chi connectivity index (χ3n) is 0.0660. The first-order chi connectivity index (χ1) is 2.27. The van der Waals surface area contributed by atoms with Gasteiger partial charge in [-0.3, -0.25) is 4.55 Å². The van der Waals surface area contributed by atoms with E-state index in [0.29, 0.717) is 0 Å². The van der Waals surface area contributed by atoms with Crippen molar-refractivity contribution in [1.29, 1.82) is 0 Å². The molecule has 3 nitrogen and oxygen atoms in total. The molecular formula is H2INO2S. The summed E-state index contributed by atoms with van der Waals surface area (Å²) in [5, 5.41) is 0. The third kappa shape index (κ3) is 4.80. The highest BCUT2D eigenvalue weighted by atomic mass is 127. The Hall–Kier alpha value is 0.800. The first-order valence-electron chi connectivity index (χ1n) is 0.742. The van der Waals surface area contributed by atoms with Gasteiger partial charge in [-0.15, -0.1) is 0 Å². The highest BCUT2D eigenvalue weighted by Gasteiger charge is 1.75. The van der Waals surface area contributed by atoms with Crippen LogP contribution in [0.1, 0.15) is 0 Å². The molecule has 1 unspecified atom stereocenters. The molecule has 5 heavy (non-hydrogen) atoms. The van der Waals surface area contributed by atoms with Gasteiger partial charge in [0.05, 0.1) is 0 Å². The Labute approximate surface area is 46.1 Å². The lowest BCUT2D eigenvalue weighted by Gasteiger charge is -1.74. The molecule has 0 aliphatic heterocycles. The first kappa shape index (κ1) is 5.80. The second-order valence-corrected chi connectivity index (χ2v) is 2.30. The standard InChI is InChI=1S/H2INO2S/c1-2-5(3)4/h2H,(H,3,4). The van der Waals surface area contributed by atoms with E-state index in [1.807, 2.05) is 2.94 Å². The summed E-state index contributed by atoms with van der Waals surface area (Å²) in [7, 11) is 0. The van der Waals surface area contributed by atoms with Crippen molar-refractivity contribution >= 4 is 34.1 Å². The topological polar surface area (TPSA) is 49.3 Å². The van der Waals surface area contributed by atoms with Crippen LogP contribution in [0.3, 0.4) is 0 Å². The van der Waals surface area contributed by atoms with Crippen molar-refractivity contribution in [2.24, 2.45) is 0 Å². The summed E-state index contributed by atoms with van der Waals surface area (Å²) < 4.78 is 19.1. The predicted molar refractivity (Wildman–Crippen MR) is 27.9 cm³/mol. The van der Waals surface area contributed by atoms with Crippen molar-refractivity contribution in [3.63, 3.8) is 0 Å². The van der Waals surface area contributed by atoms with Gasteiger partial charge in [0, 0.05) is 22.9 Å². The molecule has 0 aliphatic rings. The number of rotatable bonds is 1. The van der Waals surface area contributed by atoms with E-state index in [1.54, 1.807) is 22.9 Å². The minimum Gasteiger partial charge on any atom is -0.293 e. The van der Waals surface area contributed by atoms with E-state index in [2.05, 4.69) is 0 Å². The van der Waals surface area contributed by atoms with Crippen molar-refractivity contribution in [1.82, 2.24) is 2.94 Å². The van der Waals surface area contributed by atoms with Gasteiger partial charge in [0.1, 0.15) is 0 Å². The van der Waals surface area contributed by atoms with Gasteiger partial charge in [0.25, 0.3) is 0 Å². The van der Waals surface area contributed by atoms with E-state index in [0.717, 1.165) is 0 Å². The Morgan fingerprint density at radius 1 is 2.00 bits per heavy atom. The maximum Gasteiger partial charge on any atom is 0.241 e. The second kappa shape index (κ2) is 3.01. The Morgan fingerprint density at radius 2 is 2.20 bits per heavy atom. The highest BCUT2D eigenvalue weighted by molar-refractivity contribution is 14.1. The molecule has 2 N–H and O–H groups in total. The molecule has 0 aliphatic carbocycles. The van der Waals surface area contributed by atoms with Gasteiger partial charge in [-0.25, -0.2) is 4.21 Å². The van der Waals surface area contributed by atoms with Gasteiger partial charge in [-0.05, 0) is 0 Å². The Kier molecular flexibility index (Phi) is 3.49. The van der Waals surface area contributed by atoms with E-state index in [9.17, 15) is 4.21 Å². The minimum atomic E-state index is -1.84. The lowest BCUT2D eigenvalue weighted by Crippen LogP contribution is -1.98. The molecule has 0 aromatic carbocycles. The molecule has 0 saturated carbocycles. The second-order valence-electron chi connectivity index (χ2n) is 0.326. The fraction of sp³-hybridized carbons (Fsp3) is 0. The Bertz CT molecular complexity index is 44.9. The Balaban J connectivity index is 2.85. The molecule has 1 atom stereocenters. The zero-order valence-electron chi connectivity index (χ0n) is 2.14. The molecule has 0 radical (unpaired) electrons. The molecule has 0 heterocycles. The first-order valence-corrected chi connectivity index (χ1v) is 2.93. The van der Waals surface area contributed by atoms with Crippen LogP contribution in [0.2, 0.25) is 0 Å². The van der Waals surface area contributed by atoms with Gasteiger partial charge >= 0.3 is 0 Å². The summed E-state index contributed by atoms with van der Waals surface area (Å²) in [5.74, 6) is 0. The summed E-state index contributed by atoms with van der Waals surface area (Å²) in [6, 6.07) is 0. The lowest BCUT2D eigenvalue weighted by molar-refractivity contribution is 0.564. The highest BCUT2D eigenvalue weighted by Crippen LogP contribution is 1.67. The molecule has 0 aromatic heterocycles. The SMILES string of the molecule is O=S(O)NI. The normalized spacial score (nSPS) is 14.8. The number of hydrogen-bond acceptors (Lipinski definition) is 1. The smallest absolute Gasteiger partial charge is 0.241 e. The van der Waals surface area contributed by atoms with Crippen LogP contribution in [0.25, 0.3) is 0 Å². The monoisotopic (exact) mass is 207 g/mol. The van der Waals surface area contributed by atoms with E-state index in [1.165, 1.54) is 0 Å². The summed E-state index contributed by atoms with van der Waals surface area (Å²) >= 11 is -0.259. The fourth-order valence-corrected chi connectivity index (χ4v) is 0. The van der Waals surface area contributed by atoms with Crippen molar-refractivity contribution in [3.8, 4) is 0 Å². The van der Waals surface area contributed by atoms with Gasteiger partial charge < -0.3 is 0 Å². The van der Waals surface area contributed by atoms with Gasteiger partial charge in [0.2, 0.25) is 11.3 Å². The third-order valence-corrected chi connectivity index (χ3v) is 1.33. The lowest BCUT2D eigenvalue weighted by atomic mass is 13.9. The van der Waals surface area contributed by atoms with E-state index in [4.69, 9.17) is 4.55 Å². The van der Waals surface area contributed by atoms with Crippen LogP contribution in [-0.2, 0) is 11.3 Å². The molecule has 0 aromatic rings. The van der Waals surface area contributed by atoms with E-state index < -0.39 is 11.3 Å². The van der Waals surface area contributed by atoms with Crippen LogP contribution in [0.4, 0.5) is 0 Å². The zero-order valence-corrected chi connectivity index (χ0v) is 5.12. The van der Waals surface area contributed by atoms with Crippen LogP contribution in [0, 0.1) is 0 Å². The molecule has 32 valence electrons. The van der Waals surface area contributed by atoms with E-state index >= 15 is 0 Å². The van der Waals surface area contributed by atoms with Crippen molar-refractivity contribution < 1.29 is 8.76 Å². The Morgan fingerprint density at radius 3 is 2.20 bits per heavy atom. The molecule has 5 heteroatoms. The van der Waals surface area contributed by atoms with Crippen molar-refractivity contribution in [3.05, 3.63) is 0 Å². The van der Waals surface area contributed by atoms with Gasteiger partial charge in [0.15, 0.2) is 0 Å². The number of hydrogen-bond donors (Lipinski definition) is 2. The molecule has 0 amide bonds. The van der Waals surface area contributed by atoms with Crippen LogP contribution < -0.4 is 2.94 Å². The molecule has 0 fully saturated rings. The number of nitrogens with one attached hydrogen (secondary N) is 1. The summed E-state index contributed by atoms with van der Waals surface area (Å²) in [5.41, 5.74) is 0. The summed E-state index contributed by atoms with van der Waals surface area (Å²) in [4.78, 5) is 0. The minimum absolute atomic E-state index is 1.58. The molecule has 0 bridgehead atoms. The van der Waals surface area contributed by atoms with Gasteiger partial charge in [-0.1, -0.05) is 0 Å². The summed E-state index contributed by atoms with van der Waals surface area (Å²) in [6.07, 6.45) is 0. The van der Waals surface area contributed by atoms with Crippen LogP contribution in [-0.4, -0.2) is 8.76 Å². The van der Waals surface area contributed by atoms with Crippen LogP contribution in [0.5, 0.6) is 0 Å². The van der Waals surface area contributed by atoms with Crippen LogP contribution in [0.15, 0.2) is 0 Å². The average Bonchev–Trinajstić information content (AvgIpc) is 1.38. The maximum atomic E-state index is 9.36. The van der Waals surface area contributed by atoms with E-state index in [-0.39, 0.29) is 0 Å². The molecular weight excluding hydrogens is 205 g/mol. The van der Waals surface area contributed by atoms with Crippen LogP contribution >= 0.6 is 22.9 Å². The largest absolute Gasteiger partial charge is 0.293 e. The average molecular weight is 207 g/mol. The predicted octanol–water partition coefficient (Wildman–Crippen LogP) is 0.0627. The molecule has 0 spiro atoms.